The molecule has 0 saturated carbocycles. The van der Waals surface area contributed by atoms with Crippen LogP contribution in [-0.4, -0.2) is 30.1 Å². The number of hydrogen-bond donors (Lipinski definition) is 2. The number of nitrogens with two attached hydrogens (primary N) is 1. The number of rotatable bonds is 7. The average molecular weight is 312 g/mol. The van der Waals surface area contributed by atoms with Gasteiger partial charge in [0.15, 0.2) is 0 Å². The molecule has 1 aromatic heterocycles. The summed E-state index contributed by atoms with van der Waals surface area (Å²) in [6.45, 7) is 2.38. The van der Waals surface area contributed by atoms with Gasteiger partial charge in [-0.25, -0.2) is 8.78 Å². The van der Waals surface area contributed by atoms with Gasteiger partial charge in [0.1, 0.15) is 0 Å². The summed E-state index contributed by atoms with van der Waals surface area (Å²) in [4.78, 5) is 11.6. The molecule has 3 N–H and O–H groups in total. The van der Waals surface area contributed by atoms with Crippen molar-refractivity contribution >= 4 is 18.3 Å². The van der Waals surface area contributed by atoms with E-state index in [1.54, 1.807) is 0 Å². The molecule has 0 aromatic carbocycles. The highest BCUT2D eigenvalue weighted by molar-refractivity contribution is 5.91. The topological polar surface area (TPSA) is 81.2 Å². The normalized spacial score (nSPS) is 11.3. The van der Waals surface area contributed by atoms with Gasteiger partial charge in [0.2, 0.25) is 5.76 Å². The zero-order valence-corrected chi connectivity index (χ0v) is 12.3. The molecular weight excluding hydrogens is 292 g/mol. The van der Waals surface area contributed by atoms with Crippen LogP contribution in [0.5, 0.6) is 0 Å². The van der Waals surface area contributed by atoms with E-state index in [0.29, 0.717) is 5.69 Å². The molecule has 0 aliphatic rings. The molecule has 8 heteroatoms. The molecule has 0 saturated heterocycles. The highest BCUT2D eigenvalue weighted by Crippen LogP contribution is 2.22. The summed E-state index contributed by atoms with van der Waals surface area (Å²) in [5.74, 6) is -3.68. The molecule has 0 spiro atoms. The van der Waals surface area contributed by atoms with E-state index in [1.165, 1.54) is 6.07 Å². The lowest BCUT2D eigenvalue weighted by Crippen LogP contribution is -2.41. The summed E-state index contributed by atoms with van der Waals surface area (Å²) in [6, 6.07) is 1.49. The molecule has 1 heterocycles. The molecule has 116 valence electrons. The monoisotopic (exact) mass is 311 g/mol. The Morgan fingerprint density at radius 1 is 1.50 bits per heavy atom. The van der Waals surface area contributed by atoms with Crippen molar-refractivity contribution in [1.82, 2.24) is 10.5 Å². The molecule has 1 aromatic rings. The molecule has 20 heavy (non-hydrogen) atoms. The van der Waals surface area contributed by atoms with Crippen molar-refractivity contribution in [3.05, 3.63) is 17.5 Å². The van der Waals surface area contributed by atoms with Gasteiger partial charge >= 0.3 is 0 Å². The molecule has 0 aliphatic heterocycles. The summed E-state index contributed by atoms with van der Waals surface area (Å²) in [7, 11) is 0. The number of amides is 1. The second kappa shape index (κ2) is 8.16. The van der Waals surface area contributed by atoms with Crippen molar-refractivity contribution in [2.45, 2.75) is 38.5 Å². The number of aromatic nitrogens is 1. The van der Waals surface area contributed by atoms with Gasteiger partial charge in [-0.3, -0.25) is 4.79 Å². The minimum Gasteiger partial charge on any atom is -0.351 e. The van der Waals surface area contributed by atoms with Crippen LogP contribution in [0.1, 0.15) is 48.9 Å². The van der Waals surface area contributed by atoms with Gasteiger partial charge in [-0.2, -0.15) is 0 Å². The standard InChI is InChI=1S/C12H19F2N3O2.ClH/c1-3-8(4-2)9-5-10(19-17-9)11(18)16-7-12(13,14)6-15;/h5,8H,3-4,6-7,15H2,1-2H3,(H,16,18);1H. The van der Waals surface area contributed by atoms with Crippen molar-refractivity contribution in [3.8, 4) is 0 Å². The third-order valence-corrected chi connectivity index (χ3v) is 2.96. The number of nitrogens with zero attached hydrogens (tertiary/aromatic N) is 1. The Labute approximate surface area is 122 Å². The van der Waals surface area contributed by atoms with Gasteiger partial charge in [-0.05, 0) is 12.8 Å². The quantitative estimate of drug-likeness (QED) is 0.809. The maximum atomic E-state index is 12.9. The van der Waals surface area contributed by atoms with Crippen molar-refractivity contribution < 1.29 is 18.1 Å². The largest absolute Gasteiger partial charge is 0.351 e. The Balaban J connectivity index is 0.00000361. The molecule has 1 rings (SSSR count). The summed E-state index contributed by atoms with van der Waals surface area (Å²) in [6.07, 6.45) is 1.74. The lowest BCUT2D eigenvalue weighted by molar-refractivity contribution is 0.0115. The Kier molecular flexibility index (Phi) is 7.67. The highest BCUT2D eigenvalue weighted by atomic mass is 35.5. The Bertz CT molecular complexity index is 423. The number of hydrogen-bond acceptors (Lipinski definition) is 4. The number of alkyl halides is 2. The lowest BCUT2D eigenvalue weighted by atomic mass is 9.99. The second-order valence-corrected chi connectivity index (χ2v) is 4.37. The summed E-state index contributed by atoms with van der Waals surface area (Å²) < 4.78 is 30.6. The van der Waals surface area contributed by atoms with Crippen molar-refractivity contribution in [2.24, 2.45) is 5.73 Å². The van der Waals surface area contributed by atoms with E-state index >= 15 is 0 Å². The first kappa shape index (κ1) is 18.8. The van der Waals surface area contributed by atoms with Crippen LogP contribution in [0.3, 0.4) is 0 Å². The number of nitrogens with one attached hydrogen (secondary N) is 1. The lowest BCUT2D eigenvalue weighted by Gasteiger charge is -2.13. The molecule has 0 atom stereocenters. The molecule has 0 fully saturated rings. The molecule has 5 nitrogen and oxygen atoms in total. The molecular formula is C12H20ClF2N3O2. The maximum Gasteiger partial charge on any atom is 0.290 e. The van der Waals surface area contributed by atoms with Gasteiger partial charge in [0.25, 0.3) is 11.8 Å². The van der Waals surface area contributed by atoms with Crippen LogP contribution >= 0.6 is 12.4 Å². The third kappa shape index (κ3) is 5.05. The van der Waals surface area contributed by atoms with E-state index in [9.17, 15) is 13.6 Å². The van der Waals surface area contributed by atoms with Gasteiger partial charge in [0, 0.05) is 12.0 Å². The van der Waals surface area contributed by atoms with Gasteiger partial charge < -0.3 is 15.6 Å². The summed E-state index contributed by atoms with van der Waals surface area (Å²) in [5.41, 5.74) is 5.54. The first-order valence-corrected chi connectivity index (χ1v) is 6.26. The van der Waals surface area contributed by atoms with Crippen LogP contribution in [0.4, 0.5) is 8.78 Å². The van der Waals surface area contributed by atoms with Crippen LogP contribution in [0, 0.1) is 0 Å². The zero-order chi connectivity index (χ0) is 14.5. The summed E-state index contributed by atoms with van der Waals surface area (Å²) >= 11 is 0. The van der Waals surface area contributed by atoms with Crippen LogP contribution in [0.25, 0.3) is 0 Å². The molecule has 0 aliphatic carbocycles. The van der Waals surface area contributed by atoms with E-state index in [4.69, 9.17) is 10.3 Å². The average Bonchev–Trinajstić information content (AvgIpc) is 2.87. The first-order valence-electron chi connectivity index (χ1n) is 6.26. The number of carbonyl (C=O) groups excluding carboxylic acids is 1. The predicted molar refractivity (Wildman–Crippen MR) is 73.4 cm³/mol. The second-order valence-electron chi connectivity index (χ2n) is 4.37. The van der Waals surface area contributed by atoms with Crippen LogP contribution in [0.15, 0.2) is 10.6 Å². The fraction of sp³-hybridized carbons (Fsp3) is 0.667. The minimum atomic E-state index is -3.12. The number of carbonyl (C=O) groups is 1. The first-order chi connectivity index (χ1) is 8.93. The predicted octanol–water partition coefficient (Wildman–Crippen LogP) is 2.32. The molecule has 0 bridgehead atoms. The number of halogens is 3. The SMILES string of the molecule is CCC(CC)c1cc(C(=O)NCC(F)(F)CN)on1.Cl. The maximum absolute atomic E-state index is 12.9. The zero-order valence-electron chi connectivity index (χ0n) is 11.5. The fourth-order valence-corrected chi connectivity index (χ4v) is 1.66. The summed E-state index contributed by atoms with van der Waals surface area (Å²) in [5, 5.41) is 5.87. The Morgan fingerprint density at radius 3 is 2.60 bits per heavy atom. The molecule has 0 radical (unpaired) electrons. The Morgan fingerprint density at radius 2 is 2.10 bits per heavy atom. The van der Waals surface area contributed by atoms with E-state index < -0.39 is 24.9 Å². The van der Waals surface area contributed by atoms with Crippen LogP contribution < -0.4 is 11.1 Å². The van der Waals surface area contributed by atoms with E-state index in [-0.39, 0.29) is 24.1 Å². The van der Waals surface area contributed by atoms with E-state index in [2.05, 4.69) is 10.5 Å². The highest BCUT2D eigenvalue weighted by Gasteiger charge is 2.28. The van der Waals surface area contributed by atoms with Gasteiger partial charge in [-0.1, -0.05) is 19.0 Å². The van der Waals surface area contributed by atoms with Crippen LogP contribution in [0.2, 0.25) is 0 Å². The van der Waals surface area contributed by atoms with Crippen LogP contribution in [-0.2, 0) is 0 Å². The molecule has 1 amide bonds. The van der Waals surface area contributed by atoms with E-state index in [1.807, 2.05) is 13.8 Å². The van der Waals surface area contributed by atoms with Gasteiger partial charge in [0.05, 0.1) is 18.8 Å². The Hall–Kier alpha value is -1.21. The third-order valence-electron chi connectivity index (χ3n) is 2.96. The minimum absolute atomic E-state index is 0. The smallest absolute Gasteiger partial charge is 0.290 e. The molecule has 0 unspecified atom stereocenters. The van der Waals surface area contributed by atoms with Crippen molar-refractivity contribution in [3.63, 3.8) is 0 Å². The van der Waals surface area contributed by atoms with E-state index in [0.717, 1.165) is 12.8 Å². The van der Waals surface area contributed by atoms with Crippen molar-refractivity contribution in [1.29, 1.82) is 0 Å². The van der Waals surface area contributed by atoms with Gasteiger partial charge in [-0.15, -0.1) is 12.4 Å². The van der Waals surface area contributed by atoms with Crippen molar-refractivity contribution in [2.75, 3.05) is 13.1 Å². The fourth-order valence-electron chi connectivity index (χ4n) is 1.66.